The van der Waals surface area contributed by atoms with Crippen molar-refractivity contribution < 1.29 is 9.53 Å². The molecule has 0 aliphatic heterocycles. The minimum atomic E-state index is -0.498. The summed E-state index contributed by atoms with van der Waals surface area (Å²) in [6, 6.07) is 6.33. The van der Waals surface area contributed by atoms with Gasteiger partial charge in [0.15, 0.2) is 5.96 Å². The average Bonchev–Trinajstić information content (AvgIpc) is 2.97. The van der Waals surface area contributed by atoms with Crippen LogP contribution >= 0.6 is 24.0 Å². The third kappa shape index (κ3) is 7.01. The zero-order valence-electron chi connectivity index (χ0n) is 16.2. The van der Waals surface area contributed by atoms with Gasteiger partial charge in [-0.15, -0.1) is 24.0 Å². The lowest BCUT2D eigenvalue weighted by molar-refractivity contribution is 0.0266. The molecule has 3 N–H and O–H groups in total. The van der Waals surface area contributed by atoms with Crippen LogP contribution in [0.15, 0.2) is 23.2 Å². The quantitative estimate of drug-likeness (QED) is 0.387. The first-order chi connectivity index (χ1) is 11.8. The summed E-state index contributed by atoms with van der Waals surface area (Å²) < 4.78 is 5.38. The number of rotatable bonds is 5. The molecular formula is C19H31IN4O2. The maximum absolute atomic E-state index is 12.1. The van der Waals surface area contributed by atoms with Gasteiger partial charge in [0.1, 0.15) is 5.60 Å². The van der Waals surface area contributed by atoms with Crippen LogP contribution in [0.2, 0.25) is 0 Å². The van der Waals surface area contributed by atoms with E-state index in [2.05, 4.69) is 22.4 Å². The van der Waals surface area contributed by atoms with E-state index < -0.39 is 5.60 Å². The molecule has 1 amide bonds. The van der Waals surface area contributed by atoms with E-state index in [1.54, 1.807) is 4.90 Å². The van der Waals surface area contributed by atoms with Crippen molar-refractivity contribution in [1.29, 1.82) is 0 Å². The molecule has 1 aliphatic carbocycles. The van der Waals surface area contributed by atoms with Crippen molar-refractivity contribution in [1.82, 2.24) is 4.90 Å². The molecule has 2 rings (SSSR count). The molecule has 7 heteroatoms. The number of benzene rings is 1. The molecule has 0 fully saturated rings. The second-order valence-electron chi connectivity index (χ2n) is 7.29. The van der Waals surface area contributed by atoms with Crippen LogP contribution in [-0.2, 0) is 17.6 Å². The van der Waals surface area contributed by atoms with Crippen LogP contribution in [0.3, 0.4) is 0 Å². The lowest BCUT2D eigenvalue weighted by Gasteiger charge is -2.26. The SMILES string of the molecule is CCN(CCN=C(N)Nc1ccc2c(c1)CCC2)C(=O)OC(C)(C)C.I. The number of nitrogens with two attached hydrogens (primary N) is 1. The molecule has 1 aromatic carbocycles. The van der Waals surface area contributed by atoms with E-state index in [0.717, 1.165) is 18.5 Å². The smallest absolute Gasteiger partial charge is 0.410 e. The van der Waals surface area contributed by atoms with Gasteiger partial charge in [-0.3, -0.25) is 4.99 Å². The van der Waals surface area contributed by atoms with Crippen molar-refractivity contribution in [2.75, 3.05) is 25.0 Å². The van der Waals surface area contributed by atoms with Crippen LogP contribution in [0.25, 0.3) is 0 Å². The molecule has 1 aliphatic rings. The summed E-state index contributed by atoms with van der Waals surface area (Å²) in [5.41, 5.74) is 9.24. The van der Waals surface area contributed by atoms with Gasteiger partial charge in [-0.25, -0.2) is 4.79 Å². The molecule has 0 radical (unpaired) electrons. The maximum atomic E-state index is 12.1. The first-order valence-electron chi connectivity index (χ1n) is 8.95. The highest BCUT2D eigenvalue weighted by Crippen LogP contribution is 2.24. The third-order valence-corrected chi connectivity index (χ3v) is 4.06. The average molecular weight is 474 g/mol. The van der Waals surface area contributed by atoms with Gasteiger partial charge < -0.3 is 20.7 Å². The first-order valence-corrected chi connectivity index (χ1v) is 8.95. The summed E-state index contributed by atoms with van der Waals surface area (Å²) in [6.45, 7) is 8.96. The van der Waals surface area contributed by atoms with Gasteiger partial charge in [0.2, 0.25) is 0 Å². The van der Waals surface area contributed by atoms with Crippen LogP contribution in [0.4, 0.5) is 10.5 Å². The van der Waals surface area contributed by atoms with E-state index in [1.165, 1.54) is 17.5 Å². The fourth-order valence-electron chi connectivity index (χ4n) is 2.83. The number of halogens is 1. The summed E-state index contributed by atoms with van der Waals surface area (Å²) >= 11 is 0. The van der Waals surface area contributed by atoms with Gasteiger partial charge >= 0.3 is 6.09 Å². The number of aliphatic imine (C=N–C) groups is 1. The Kier molecular flexibility index (Phi) is 8.66. The van der Waals surface area contributed by atoms with Crippen LogP contribution in [0.1, 0.15) is 45.2 Å². The van der Waals surface area contributed by atoms with Gasteiger partial charge in [-0.05, 0) is 70.2 Å². The topological polar surface area (TPSA) is 80.0 Å². The largest absolute Gasteiger partial charge is 0.444 e. The Hall–Kier alpha value is -1.51. The molecule has 0 spiro atoms. The number of aryl methyl sites for hydroxylation is 2. The molecule has 0 unspecified atom stereocenters. The molecule has 0 saturated heterocycles. The fraction of sp³-hybridized carbons (Fsp3) is 0.579. The number of ether oxygens (including phenoxy) is 1. The number of amides is 1. The number of anilines is 1. The summed E-state index contributed by atoms with van der Waals surface area (Å²) in [5.74, 6) is 0.359. The Morgan fingerprint density at radius 3 is 2.65 bits per heavy atom. The Bertz CT molecular complexity index is 641. The zero-order chi connectivity index (χ0) is 18.4. The normalized spacial score (nSPS) is 13.6. The maximum Gasteiger partial charge on any atom is 0.410 e. The zero-order valence-corrected chi connectivity index (χ0v) is 18.5. The van der Waals surface area contributed by atoms with E-state index in [1.807, 2.05) is 33.8 Å². The number of likely N-dealkylation sites (N-methyl/N-ethyl adjacent to an activating group) is 1. The number of carbonyl (C=O) groups excluding carboxylic acids is 1. The van der Waals surface area contributed by atoms with Crippen molar-refractivity contribution in [2.24, 2.45) is 10.7 Å². The van der Waals surface area contributed by atoms with Gasteiger partial charge in [0, 0.05) is 18.8 Å². The number of hydrogen-bond donors (Lipinski definition) is 2. The number of nitrogens with zero attached hydrogens (tertiary/aromatic N) is 2. The molecule has 0 saturated carbocycles. The molecule has 26 heavy (non-hydrogen) atoms. The number of carbonyl (C=O) groups is 1. The third-order valence-electron chi connectivity index (χ3n) is 4.06. The summed E-state index contributed by atoms with van der Waals surface area (Å²) in [5, 5.41) is 3.12. The fourth-order valence-corrected chi connectivity index (χ4v) is 2.83. The molecule has 0 atom stereocenters. The lowest BCUT2D eigenvalue weighted by atomic mass is 10.1. The van der Waals surface area contributed by atoms with E-state index >= 15 is 0 Å². The molecule has 6 nitrogen and oxygen atoms in total. The molecular weight excluding hydrogens is 443 g/mol. The van der Waals surface area contributed by atoms with Gasteiger partial charge in [0.25, 0.3) is 0 Å². The number of fused-ring (bicyclic) bond motifs is 1. The second-order valence-corrected chi connectivity index (χ2v) is 7.29. The highest BCUT2D eigenvalue weighted by Gasteiger charge is 2.20. The van der Waals surface area contributed by atoms with Crippen LogP contribution in [0.5, 0.6) is 0 Å². The summed E-state index contributed by atoms with van der Waals surface area (Å²) in [4.78, 5) is 18.0. The summed E-state index contributed by atoms with van der Waals surface area (Å²) in [6.07, 6.45) is 3.19. The second kappa shape index (κ2) is 9.99. The van der Waals surface area contributed by atoms with Crippen molar-refractivity contribution in [2.45, 2.75) is 52.6 Å². The standard InChI is InChI=1S/C19H30N4O2.HI/c1-5-23(18(24)25-19(2,3)4)12-11-21-17(20)22-16-10-9-14-7-6-8-15(14)13-16;/h9-10,13H,5-8,11-12H2,1-4H3,(H3,20,21,22);1H. The number of hydrogen-bond acceptors (Lipinski definition) is 3. The Labute approximate surface area is 173 Å². The van der Waals surface area contributed by atoms with Gasteiger partial charge in [-0.1, -0.05) is 6.07 Å². The molecule has 0 heterocycles. The predicted molar refractivity (Wildman–Crippen MR) is 117 cm³/mol. The van der Waals surface area contributed by atoms with Crippen LogP contribution in [0, 0.1) is 0 Å². The monoisotopic (exact) mass is 474 g/mol. The Balaban J connectivity index is 0.00000338. The van der Waals surface area contributed by atoms with Crippen molar-refractivity contribution >= 4 is 41.7 Å². The first kappa shape index (κ1) is 22.5. The number of nitrogens with one attached hydrogen (secondary N) is 1. The molecule has 0 bridgehead atoms. The lowest BCUT2D eigenvalue weighted by Crippen LogP contribution is -2.38. The van der Waals surface area contributed by atoms with Crippen LogP contribution < -0.4 is 11.1 Å². The Morgan fingerprint density at radius 1 is 1.31 bits per heavy atom. The summed E-state index contributed by atoms with van der Waals surface area (Å²) in [7, 11) is 0. The molecule has 0 aromatic heterocycles. The highest BCUT2D eigenvalue weighted by atomic mass is 127. The predicted octanol–water partition coefficient (Wildman–Crippen LogP) is 3.78. The van der Waals surface area contributed by atoms with E-state index in [0.29, 0.717) is 25.6 Å². The van der Waals surface area contributed by atoms with E-state index in [4.69, 9.17) is 10.5 Å². The van der Waals surface area contributed by atoms with Gasteiger partial charge in [0.05, 0.1) is 6.54 Å². The van der Waals surface area contributed by atoms with E-state index in [9.17, 15) is 4.79 Å². The highest BCUT2D eigenvalue weighted by molar-refractivity contribution is 14.0. The minimum Gasteiger partial charge on any atom is -0.444 e. The molecule has 146 valence electrons. The van der Waals surface area contributed by atoms with Crippen molar-refractivity contribution in [3.8, 4) is 0 Å². The minimum absolute atomic E-state index is 0. The van der Waals surface area contributed by atoms with Crippen LogP contribution in [-0.4, -0.2) is 42.2 Å². The van der Waals surface area contributed by atoms with Crippen molar-refractivity contribution in [3.05, 3.63) is 29.3 Å². The number of guanidine groups is 1. The molecule has 1 aromatic rings. The van der Waals surface area contributed by atoms with Crippen molar-refractivity contribution in [3.63, 3.8) is 0 Å². The van der Waals surface area contributed by atoms with Gasteiger partial charge in [-0.2, -0.15) is 0 Å². The van der Waals surface area contributed by atoms with E-state index in [-0.39, 0.29) is 30.1 Å². The Morgan fingerprint density at radius 2 is 2.00 bits per heavy atom.